The second kappa shape index (κ2) is 14.0. The van der Waals surface area contributed by atoms with Crippen LogP contribution in [0.2, 0.25) is 0 Å². The van der Waals surface area contributed by atoms with Crippen molar-refractivity contribution in [1.29, 1.82) is 0 Å². The molecule has 2 atom stereocenters. The Bertz CT molecular complexity index is 1530. The van der Waals surface area contributed by atoms with Crippen molar-refractivity contribution >= 4 is 22.8 Å². The van der Waals surface area contributed by atoms with Gasteiger partial charge in [0.2, 0.25) is 0 Å². The Morgan fingerprint density at radius 2 is 0.767 bits per heavy atom. The van der Waals surface area contributed by atoms with E-state index in [1.807, 2.05) is 0 Å². The molecule has 0 aromatic heterocycles. The zero-order valence-electron chi connectivity index (χ0n) is 28.1. The van der Waals surface area contributed by atoms with Crippen LogP contribution in [0.1, 0.15) is 106 Å². The summed E-state index contributed by atoms with van der Waals surface area (Å²) in [5.41, 5.74) is 19.7. The van der Waals surface area contributed by atoms with Crippen LogP contribution >= 0.6 is 0 Å². The first-order valence-electron chi connectivity index (χ1n) is 15.2. The molecule has 4 aromatic carbocycles. The average Bonchev–Trinajstić information content (AvgIpc) is 2.89. The minimum Gasteiger partial charge on any atom is -0.252 e. The van der Waals surface area contributed by atoms with E-state index in [1.165, 1.54) is 66.8 Å². The summed E-state index contributed by atoms with van der Waals surface area (Å²) < 4.78 is 0. The van der Waals surface area contributed by atoms with Crippen LogP contribution in [0.3, 0.4) is 0 Å². The van der Waals surface area contributed by atoms with Gasteiger partial charge in [0.15, 0.2) is 0 Å². The van der Waals surface area contributed by atoms with Crippen molar-refractivity contribution in [3.05, 3.63) is 127 Å². The summed E-state index contributed by atoms with van der Waals surface area (Å²) in [6.07, 6.45) is 0. The zero-order chi connectivity index (χ0) is 30.9. The van der Waals surface area contributed by atoms with E-state index in [0.717, 1.165) is 22.8 Å². The molecule has 0 radical (unpaired) electrons. The third-order valence-electron chi connectivity index (χ3n) is 8.74. The first-order chi connectivity index (χ1) is 19.8. The quantitative estimate of drug-likeness (QED) is 0.146. The second-order valence-corrected chi connectivity index (χ2v) is 12.6. The SMILES string of the molecule is CC(=Nc1ccc(C)cc1C(C)c1c(C)cc(C)cc1C)C(C)=Nc1ccc(C)cc1C(C)c1c(C)cc(C)cc1C.[Ni]. The summed E-state index contributed by atoms with van der Waals surface area (Å²) in [5, 5.41) is 0. The molecule has 2 nitrogen and oxygen atoms in total. The summed E-state index contributed by atoms with van der Waals surface area (Å²) in [6, 6.07) is 22.4. The first kappa shape index (κ1) is 34.2. The molecular weight excluding hydrogens is 567 g/mol. The van der Waals surface area contributed by atoms with Gasteiger partial charge in [-0.1, -0.05) is 84.6 Å². The maximum Gasteiger partial charge on any atom is 0.0671 e. The van der Waals surface area contributed by atoms with Gasteiger partial charge in [-0.3, -0.25) is 9.98 Å². The van der Waals surface area contributed by atoms with E-state index in [2.05, 4.69) is 144 Å². The largest absolute Gasteiger partial charge is 0.252 e. The summed E-state index contributed by atoms with van der Waals surface area (Å²) in [5.74, 6) is 0.472. The normalized spacial score (nSPS) is 13.5. The molecule has 228 valence electrons. The van der Waals surface area contributed by atoms with Crippen LogP contribution in [0.4, 0.5) is 11.4 Å². The van der Waals surface area contributed by atoms with E-state index in [9.17, 15) is 0 Å². The Hall–Kier alpha value is -3.29. The molecule has 0 saturated heterocycles. The van der Waals surface area contributed by atoms with Crippen LogP contribution in [0.5, 0.6) is 0 Å². The van der Waals surface area contributed by atoms with Crippen molar-refractivity contribution in [2.24, 2.45) is 9.98 Å². The molecule has 0 saturated carbocycles. The predicted molar refractivity (Wildman–Crippen MR) is 184 cm³/mol. The molecule has 0 amide bonds. The van der Waals surface area contributed by atoms with E-state index in [0.29, 0.717) is 0 Å². The Labute approximate surface area is 270 Å². The van der Waals surface area contributed by atoms with Gasteiger partial charge in [0.05, 0.1) is 22.8 Å². The van der Waals surface area contributed by atoms with Gasteiger partial charge in [0, 0.05) is 28.3 Å². The van der Waals surface area contributed by atoms with Gasteiger partial charge in [-0.25, -0.2) is 0 Å². The Kier molecular flexibility index (Phi) is 11.1. The first-order valence-corrected chi connectivity index (χ1v) is 15.2. The average molecular weight is 616 g/mol. The molecule has 2 unspecified atom stereocenters. The smallest absolute Gasteiger partial charge is 0.0671 e. The van der Waals surface area contributed by atoms with Gasteiger partial charge in [-0.15, -0.1) is 0 Å². The van der Waals surface area contributed by atoms with Gasteiger partial charge < -0.3 is 0 Å². The number of hydrogen-bond acceptors (Lipinski definition) is 2. The van der Waals surface area contributed by atoms with Crippen LogP contribution in [-0.2, 0) is 16.5 Å². The number of rotatable bonds is 7. The van der Waals surface area contributed by atoms with Crippen LogP contribution < -0.4 is 0 Å². The van der Waals surface area contributed by atoms with E-state index >= 15 is 0 Å². The fraction of sp³-hybridized carbons (Fsp3) is 0.350. The van der Waals surface area contributed by atoms with E-state index in [4.69, 9.17) is 9.98 Å². The van der Waals surface area contributed by atoms with Gasteiger partial charge in [-0.2, -0.15) is 0 Å². The van der Waals surface area contributed by atoms with Gasteiger partial charge in [-0.05, 0) is 126 Å². The molecule has 0 aliphatic rings. The molecule has 3 heteroatoms. The monoisotopic (exact) mass is 614 g/mol. The fourth-order valence-corrected chi connectivity index (χ4v) is 6.83. The van der Waals surface area contributed by atoms with Crippen LogP contribution in [0.15, 0.2) is 70.6 Å². The molecule has 0 spiro atoms. The standard InChI is InChI=1S/C40H48N2.Ni/c1-23-13-15-37(35(21-23)31(9)39-27(5)17-25(3)18-28(39)6)41-33(11)34(12)42-38-16-14-24(2)22-36(38)32(10)40-29(7)19-26(4)20-30(40)8;/h13-22,31-32H,1-12H3;. The second-order valence-electron chi connectivity index (χ2n) is 12.6. The molecule has 43 heavy (non-hydrogen) atoms. The number of aliphatic imine (C=N–C) groups is 2. The fourth-order valence-electron chi connectivity index (χ4n) is 6.83. The molecule has 4 aromatic rings. The van der Waals surface area contributed by atoms with E-state index < -0.39 is 0 Å². The molecule has 0 bridgehead atoms. The summed E-state index contributed by atoms with van der Waals surface area (Å²) in [4.78, 5) is 10.4. The Morgan fingerprint density at radius 3 is 1.07 bits per heavy atom. The minimum atomic E-state index is 0. The van der Waals surface area contributed by atoms with E-state index in [-0.39, 0.29) is 28.3 Å². The third kappa shape index (κ3) is 7.63. The Morgan fingerprint density at radius 1 is 0.465 bits per heavy atom. The number of nitrogens with zero attached hydrogens (tertiary/aromatic N) is 2. The van der Waals surface area contributed by atoms with Gasteiger partial charge in [0.1, 0.15) is 0 Å². The number of hydrogen-bond donors (Lipinski definition) is 0. The van der Waals surface area contributed by atoms with Crippen molar-refractivity contribution in [3.63, 3.8) is 0 Å². The van der Waals surface area contributed by atoms with Crippen molar-refractivity contribution < 1.29 is 16.5 Å². The summed E-state index contributed by atoms with van der Waals surface area (Å²) >= 11 is 0. The van der Waals surface area contributed by atoms with Crippen molar-refractivity contribution in [1.82, 2.24) is 0 Å². The molecular formula is C40H48N2Ni. The summed E-state index contributed by atoms with van der Waals surface area (Å²) in [6.45, 7) is 26.4. The van der Waals surface area contributed by atoms with E-state index in [1.54, 1.807) is 0 Å². The zero-order valence-corrected chi connectivity index (χ0v) is 29.1. The Balaban J connectivity index is 0.00000506. The molecule has 0 aliphatic carbocycles. The number of benzene rings is 4. The maximum absolute atomic E-state index is 5.19. The van der Waals surface area contributed by atoms with Crippen molar-refractivity contribution in [3.8, 4) is 0 Å². The maximum atomic E-state index is 5.19. The molecule has 0 heterocycles. The van der Waals surface area contributed by atoms with Gasteiger partial charge >= 0.3 is 0 Å². The predicted octanol–water partition coefficient (Wildman–Crippen LogP) is 11.3. The topological polar surface area (TPSA) is 24.7 Å². The molecule has 0 fully saturated rings. The molecule has 0 aliphatic heterocycles. The number of aryl methyl sites for hydroxylation is 8. The van der Waals surface area contributed by atoms with Crippen molar-refractivity contribution in [2.75, 3.05) is 0 Å². The van der Waals surface area contributed by atoms with Crippen LogP contribution in [0.25, 0.3) is 0 Å². The van der Waals surface area contributed by atoms with Crippen LogP contribution in [0, 0.1) is 55.4 Å². The minimum absolute atomic E-state index is 0. The van der Waals surface area contributed by atoms with Crippen molar-refractivity contribution in [2.45, 2.75) is 94.9 Å². The third-order valence-corrected chi connectivity index (χ3v) is 8.74. The summed E-state index contributed by atoms with van der Waals surface area (Å²) in [7, 11) is 0. The molecule has 4 rings (SSSR count). The molecule has 0 N–H and O–H groups in total. The van der Waals surface area contributed by atoms with Crippen LogP contribution in [-0.4, -0.2) is 11.4 Å². The van der Waals surface area contributed by atoms with Gasteiger partial charge in [0.25, 0.3) is 0 Å².